The number of carbonyl (C=O) groups is 2. The average molecular weight is 352 g/mol. The van der Waals surface area contributed by atoms with Crippen molar-refractivity contribution in [2.75, 3.05) is 46.8 Å². The number of amides is 2. The van der Waals surface area contributed by atoms with Crippen LogP contribution in [-0.4, -0.2) is 68.4 Å². The molecule has 2 aromatic rings. The molecule has 0 aromatic heterocycles. The SMILES string of the molecule is CN(C)C(=O)C[NH+]1CCN(C(=O)c2ccc(-c3ccccc3)cc2)CC1. The number of benzene rings is 2. The van der Waals surface area contributed by atoms with E-state index in [1.54, 1.807) is 19.0 Å². The predicted molar refractivity (Wildman–Crippen MR) is 102 cm³/mol. The van der Waals surface area contributed by atoms with Gasteiger partial charge >= 0.3 is 0 Å². The minimum atomic E-state index is 0.0718. The van der Waals surface area contributed by atoms with Crippen LogP contribution < -0.4 is 4.90 Å². The van der Waals surface area contributed by atoms with Gasteiger partial charge in [-0.3, -0.25) is 9.59 Å². The van der Waals surface area contributed by atoms with E-state index in [-0.39, 0.29) is 11.8 Å². The molecule has 0 radical (unpaired) electrons. The zero-order chi connectivity index (χ0) is 18.5. The Morgan fingerprint density at radius 3 is 2.08 bits per heavy atom. The van der Waals surface area contributed by atoms with Crippen molar-refractivity contribution < 1.29 is 14.5 Å². The third kappa shape index (κ3) is 4.29. The van der Waals surface area contributed by atoms with Crippen LogP contribution in [0.3, 0.4) is 0 Å². The topological polar surface area (TPSA) is 45.1 Å². The summed E-state index contributed by atoms with van der Waals surface area (Å²) in [5, 5.41) is 0. The van der Waals surface area contributed by atoms with Crippen LogP contribution in [0.25, 0.3) is 11.1 Å². The number of rotatable bonds is 4. The van der Waals surface area contributed by atoms with Crippen LogP contribution >= 0.6 is 0 Å². The van der Waals surface area contributed by atoms with Crippen LogP contribution in [0.1, 0.15) is 10.4 Å². The highest BCUT2D eigenvalue weighted by molar-refractivity contribution is 5.94. The van der Waals surface area contributed by atoms with Crippen LogP contribution in [-0.2, 0) is 4.79 Å². The normalized spacial score (nSPS) is 14.9. The van der Waals surface area contributed by atoms with Gasteiger partial charge in [0.2, 0.25) is 0 Å². The van der Waals surface area contributed by atoms with Crippen molar-refractivity contribution in [3.63, 3.8) is 0 Å². The number of nitrogens with zero attached hydrogens (tertiary/aromatic N) is 2. The van der Waals surface area contributed by atoms with Crippen molar-refractivity contribution in [3.05, 3.63) is 60.2 Å². The van der Waals surface area contributed by atoms with E-state index in [2.05, 4.69) is 12.1 Å². The lowest BCUT2D eigenvalue weighted by Crippen LogP contribution is -3.15. The molecule has 1 aliphatic rings. The molecule has 5 heteroatoms. The van der Waals surface area contributed by atoms with Crippen LogP contribution in [0, 0.1) is 0 Å². The molecule has 1 heterocycles. The molecular formula is C21H26N3O2+. The summed E-state index contributed by atoms with van der Waals surface area (Å²) in [6, 6.07) is 17.9. The van der Waals surface area contributed by atoms with E-state index in [9.17, 15) is 9.59 Å². The van der Waals surface area contributed by atoms with Crippen molar-refractivity contribution in [2.45, 2.75) is 0 Å². The summed E-state index contributed by atoms with van der Waals surface area (Å²) in [5.41, 5.74) is 2.98. The van der Waals surface area contributed by atoms with Gasteiger partial charge in [-0.1, -0.05) is 42.5 Å². The molecular weight excluding hydrogens is 326 g/mol. The Morgan fingerprint density at radius 2 is 1.50 bits per heavy atom. The number of hydrogen-bond acceptors (Lipinski definition) is 2. The molecule has 0 saturated carbocycles. The average Bonchev–Trinajstić information content (AvgIpc) is 2.69. The number of hydrogen-bond donors (Lipinski definition) is 1. The summed E-state index contributed by atoms with van der Waals surface area (Å²) in [5.74, 6) is 0.207. The Morgan fingerprint density at radius 1 is 0.923 bits per heavy atom. The van der Waals surface area contributed by atoms with Gasteiger partial charge < -0.3 is 14.7 Å². The third-order valence-corrected chi connectivity index (χ3v) is 4.90. The van der Waals surface area contributed by atoms with E-state index >= 15 is 0 Å². The summed E-state index contributed by atoms with van der Waals surface area (Å²) >= 11 is 0. The Kier molecular flexibility index (Phi) is 5.68. The molecule has 0 bridgehead atoms. The first-order valence-electron chi connectivity index (χ1n) is 9.03. The van der Waals surface area contributed by atoms with Crippen LogP contribution in [0.15, 0.2) is 54.6 Å². The first kappa shape index (κ1) is 18.1. The first-order valence-corrected chi connectivity index (χ1v) is 9.03. The lowest BCUT2D eigenvalue weighted by molar-refractivity contribution is -0.896. The Hall–Kier alpha value is -2.66. The largest absolute Gasteiger partial charge is 0.344 e. The van der Waals surface area contributed by atoms with Gasteiger partial charge in [0.05, 0.1) is 26.2 Å². The quantitative estimate of drug-likeness (QED) is 0.884. The van der Waals surface area contributed by atoms with Gasteiger partial charge in [-0.25, -0.2) is 0 Å². The molecule has 3 rings (SSSR count). The summed E-state index contributed by atoms with van der Waals surface area (Å²) < 4.78 is 0. The summed E-state index contributed by atoms with van der Waals surface area (Å²) in [6.07, 6.45) is 0. The van der Waals surface area contributed by atoms with Gasteiger partial charge in [0, 0.05) is 19.7 Å². The second-order valence-corrected chi connectivity index (χ2v) is 6.95. The molecule has 1 fully saturated rings. The molecule has 0 atom stereocenters. The van der Waals surface area contributed by atoms with Crippen LogP contribution in [0.4, 0.5) is 0 Å². The second kappa shape index (κ2) is 8.15. The van der Waals surface area contributed by atoms with Crippen LogP contribution in [0.5, 0.6) is 0 Å². The maximum absolute atomic E-state index is 12.7. The molecule has 2 aromatic carbocycles. The smallest absolute Gasteiger partial charge is 0.277 e. The van der Waals surface area contributed by atoms with E-state index in [1.165, 1.54) is 4.90 Å². The lowest BCUT2D eigenvalue weighted by Gasteiger charge is -2.32. The van der Waals surface area contributed by atoms with Crippen LogP contribution in [0.2, 0.25) is 0 Å². The maximum Gasteiger partial charge on any atom is 0.277 e. The van der Waals surface area contributed by atoms with Crippen molar-refractivity contribution in [2.24, 2.45) is 0 Å². The fraction of sp³-hybridized carbons (Fsp3) is 0.333. The molecule has 1 saturated heterocycles. The number of quaternary nitrogens is 1. The van der Waals surface area contributed by atoms with E-state index in [0.29, 0.717) is 19.6 Å². The van der Waals surface area contributed by atoms with E-state index in [0.717, 1.165) is 29.8 Å². The zero-order valence-corrected chi connectivity index (χ0v) is 15.4. The van der Waals surface area contributed by atoms with Crippen molar-refractivity contribution >= 4 is 11.8 Å². The molecule has 26 heavy (non-hydrogen) atoms. The molecule has 2 amide bonds. The number of nitrogens with one attached hydrogen (secondary N) is 1. The first-order chi connectivity index (χ1) is 12.5. The fourth-order valence-corrected chi connectivity index (χ4v) is 3.19. The highest BCUT2D eigenvalue weighted by Gasteiger charge is 2.26. The second-order valence-electron chi connectivity index (χ2n) is 6.95. The summed E-state index contributed by atoms with van der Waals surface area (Å²) in [6.45, 7) is 3.51. The predicted octanol–water partition coefficient (Wildman–Crippen LogP) is 0.783. The minimum absolute atomic E-state index is 0.0718. The van der Waals surface area contributed by atoms with Gasteiger partial charge in [0.15, 0.2) is 6.54 Å². The number of likely N-dealkylation sites (N-methyl/N-ethyl adjacent to an activating group) is 1. The van der Waals surface area contributed by atoms with E-state index in [4.69, 9.17) is 0 Å². The third-order valence-electron chi connectivity index (χ3n) is 4.90. The molecule has 1 aliphatic heterocycles. The zero-order valence-electron chi connectivity index (χ0n) is 15.4. The molecule has 0 spiro atoms. The van der Waals surface area contributed by atoms with Gasteiger partial charge in [-0.05, 0) is 23.3 Å². The minimum Gasteiger partial charge on any atom is -0.344 e. The highest BCUT2D eigenvalue weighted by Crippen LogP contribution is 2.19. The Balaban J connectivity index is 1.58. The van der Waals surface area contributed by atoms with Gasteiger partial charge in [0.25, 0.3) is 11.8 Å². The molecule has 0 aliphatic carbocycles. The Labute approximate surface area is 154 Å². The van der Waals surface area contributed by atoms with Crippen molar-refractivity contribution in [1.82, 2.24) is 9.80 Å². The standard InChI is InChI=1S/C21H25N3O2/c1-22(2)20(25)16-23-12-14-24(15-13-23)21(26)19-10-8-18(9-11-19)17-6-4-3-5-7-17/h3-11H,12-16H2,1-2H3/p+1. The summed E-state index contributed by atoms with van der Waals surface area (Å²) in [7, 11) is 3.56. The fourth-order valence-electron chi connectivity index (χ4n) is 3.19. The monoisotopic (exact) mass is 352 g/mol. The maximum atomic E-state index is 12.7. The molecule has 136 valence electrons. The number of carbonyl (C=O) groups excluding carboxylic acids is 2. The molecule has 5 nitrogen and oxygen atoms in total. The van der Waals surface area contributed by atoms with Crippen molar-refractivity contribution in [1.29, 1.82) is 0 Å². The van der Waals surface area contributed by atoms with Crippen molar-refractivity contribution in [3.8, 4) is 11.1 Å². The lowest BCUT2D eigenvalue weighted by atomic mass is 10.0. The van der Waals surface area contributed by atoms with E-state index in [1.807, 2.05) is 47.4 Å². The van der Waals surface area contributed by atoms with Gasteiger partial charge in [0.1, 0.15) is 0 Å². The van der Waals surface area contributed by atoms with E-state index < -0.39 is 0 Å². The Bertz CT molecular complexity index is 749. The highest BCUT2D eigenvalue weighted by atomic mass is 16.2. The molecule has 0 unspecified atom stereocenters. The molecule has 1 N–H and O–H groups in total. The summed E-state index contributed by atoms with van der Waals surface area (Å²) in [4.78, 5) is 29.3. The number of piperazine rings is 1. The van der Waals surface area contributed by atoms with Gasteiger partial charge in [-0.15, -0.1) is 0 Å². The van der Waals surface area contributed by atoms with Gasteiger partial charge in [-0.2, -0.15) is 0 Å².